The lowest BCUT2D eigenvalue weighted by Gasteiger charge is -2.08. The standard InChI is InChI=1S/C15H19ClN4O2S2/c1-10-7-11(2)9-12(8-10)20-15(17)18-5-6-19-24(21,22)14-4-3-13(16)23-14/h3-4,7-9,19H,5-6H2,1-2H3,(H3,17,18,20). The van der Waals surface area contributed by atoms with Gasteiger partial charge in [0.1, 0.15) is 4.21 Å². The van der Waals surface area contributed by atoms with Gasteiger partial charge in [0, 0.05) is 12.2 Å². The van der Waals surface area contributed by atoms with E-state index in [1.54, 1.807) is 6.07 Å². The highest BCUT2D eigenvalue weighted by atomic mass is 35.5. The van der Waals surface area contributed by atoms with Gasteiger partial charge in [0.2, 0.25) is 10.0 Å². The number of anilines is 1. The number of halogens is 1. The largest absolute Gasteiger partial charge is 0.370 e. The molecule has 0 saturated heterocycles. The van der Waals surface area contributed by atoms with E-state index in [-0.39, 0.29) is 23.3 Å². The van der Waals surface area contributed by atoms with Crippen molar-refractivity contribution in [1.29, 1.82) is 0 Å². The van der Waals surface area contributed by atoms with Gasteiger partial charge in [-0.05, 0) is 49.2 Å². The molecule has 24 heavy (non-hydrogen) atoms. The lowest BCUT2D eigenvalue weighted by molar-refractivity contribution is 0.584. The predicted molar refractivity (Wildman–Crippen MR) is 101 cm³/mol. The molecule has 0 bridgehead atoms. The summed E-state index contributed by atoms with van der Waals surface area (Å²) in [6.07, 6.45) is 0. The lowest BCUT2D eigenvalue weighted by atomic mass is 10.1. The first-order valence-electron chi connectivity index (χ1n) is 7.16. The molecule has 0 unspecified atom stereocenters. The Kier molecular flexibility index (Phi) is 6.22. The van der Waals surface area contributed by atoms with Crippen molar-refractivity contribution in [2.45, 2.75) is 18.1 Å². The van der Waals surface area contributed by atoms with Crippen molar-refractivity contribution in [3.63, 3.8) is 0 Å². The summed E-state index contributed by atoms with van der Waals surface area (Å²) in [5, 5.41) is 2.99. The van der Waals surface area contributed by atoms with Gasteiger partial charge in [-0.15, -0.1) is 11.3 Å². The lowest BCUT2D eigenvalue weighted by Crippen LogP contribution is -2.28. The highest BCUT2D eigenvalue weighted by Gasteiger charge is 2.15. The Hall–Kier alpha value is -1.61. The fraction of sp³-hybridized carbons (Fsp3) is 0.267. The molecule has 4 N–H and O–H groups in total. The number of nitrogens with one attached hydrogen (secondary N) is 2. The number of nitrogens with zero attached hydrogens (tertiary/aromatic N) is 1. The average molecular weight is 387 g/mol. The molecular weight excluding hydrogens is 368 g/mol. The molecule has 0 spiro atoms. The third kappa shape index (κ3) is 5.48. The molecule has 0 aliphatic heterocycles. The summed E-state index contributed by atoms with van der Waals surface area (Å²) in [6.45, 7) is 4.36. The van der Waals surface area contributed by atoms with Crippen LogP contribution in [0, 0.1) is 13.8 Å². The maximum atomic E-state index is 12.0. The number of thiophene rings is 1. The zero-order chi connectivity index (χ0) is 17.7. The monoisotopic (exact) mass is 386 g/mol. The minimum absolute atomic E-state index is 0.146. The molecule has 0 amide bonds. The van der Waals surface area contributed by atoms with Crippen molar-refractivity contribution in [2.75, 3.05) is 18.4 Å². The first-order chi connectivity index (χ1) is 11.3. The van der Waals surface area contributed by atoms with Crippen LogP contribution >= 0.6 is 22.9 Å². The molecule has 9 heteroatoms. The van der Waals surface area contributed by atoms with E-state index in [1.807, 2.05) is 26.0 Å². The van der Waals surface area contributed by atoms with Crippen LogP contribution in [-0.2, 0) is 10.0 Å². The number of aliphatic imine (C=N–C) groups is 1. The summed E-state index contributed by atoms with van der Waals surface area (Å²) < 4.78 is 27.1. The third-order valence-corrected chi connectivity index (χ3v) is 6.18. The molecular formula is C15H19ClN4O2S2. The van der Waals surface area contributed by atoms with Crippen molar-refractivity contribution >= 4 is 44.6 Å². The highest BCUT2D eigenvalue weighted by Crippen LogP contribution is 2.25. The Balaban J connectivity index is 1.87. The van der Waals surface area contributed by atoms with Crippen LogP contribution in [0.5, 0.6) is 0 Å². The van der Waals surface area contributed by atoms with Crippen molar-refractivity contribution in [3.05, 3.63) is 45.8 Å². The normalized spacial score (nSPS) is 12.4. The molecule has 130 valence electrons. The topological polar surface area (TPSA) is 96.6 Å². The molecule has 0 fully saturated rings. The zero-order valence-corrected chi connectivity index (χ0v) is 15.7. The van der Waals surface area contributed by atoms with Gasteiger partial charge >= 0.3 is 0 Å². The Labute approximate surface area is 150 Å². The maximum Gasteiger partial charge on any atom is 0.250 e. The molecule has 0 aliphatic rings. The molecule has 1 aromatic heterocycles. The van der Waals surface area contributed by atoms with Crippen LogP contribution in [0.15, 0.2) is 39.5 Å². The van der Waals surface area contributed by atoms with Crippen molar-refractivity contribution in [2.24, 2.45) is 10.7 Å². The van der Waals surface area contributed by atoms with Crippen LogP contribution in [0.2, 0.25) is 4.34 Å². The van der Waals surface area contributed by atoms with Crippen LogP contribution in [-0.4, -0.2) is 27.5 Å². The number of rotatable bonds is 6. The fourth-order valence-corrected chi connectivity index (χ4v) is 4.65. The van der Waals surface area contributed by atoms with Gasteiger partial charge in [-0.3, -0.25) is 4.99 Å². The van der Waals surface area contributed by atoms with Gasteiger partial charge in [-0.2, -0.15) is 0 Å². The van der Waals surface area contributed by atoms with Crippen LogP contribution in [0.1, 0.15) is 11.1 Å². The predicted octanol–water partition coefficient (Wildman–Crippen LogP) is 2.72. The second kappa shape index (κ2) is 7.98. The Morgan fingerprint density at radius 3 is 2.50 bits per heavy atom. The van der Waals surface area contributed by atoms with E-state index in [4.69, 9.17) is 17.3 Å². The number of aryl methyl sites for hydroxylation is 2. The third-order valence-electron chi connectivity index (χ3n) is 2.99. The molecule has 2 rings (SSSR count). The molecule has 1 heterocycles. The number of guanidine groups is 1. The molecule has 1 aromatic carbocycles. The number of hydrogen-bond donors (Lipinski definition) is 3. The first-order valence-corrected chi connectivity index (χ1v) is 9.84. The first kappa shape index (κ1) is 18.7. The quantitative estimate of drug-likeness (QED) is 0.404. The van der Waals surface area contributed by atoms with Crippen LogP contribution in [0.4, 0.5) is 5.69 Å². The zero-order valence-electron chi connectivity index (χ0n) is 13.3. The number of hydrogen-bond acceptors (Lipinski definition) is 4. The van der Waals surface area contributed by atoms with E-state index in [0.29, 0.717) is 4.34 Å². The summed E-state index contributed by atoms with van der Waals surface area (Å²) in [5.74, 6) is 0.235. The highest BCUT2D eigenvalue weighted by molar-refractivity contribution is 7.91. The van der Waals surface area contributed by atoms with Gasteiger partial charge in [0.15, 0.2) is 5.96 Å². The van der Waals surface area contributed by atoms with Crippen molar-refractivity contribution in [1.82, 2.24) is 4.72 Å². The van der Waals surface area contributed by atoms with E-state index in [0.717, 1.165) is 28.2 Å². The second-order valence-corrected chi connectivity index (χ2v) is 8.93. The van der Waals surface area contributed by atoms with Crippen LogP contribution < -0.4 is 15.8 Å². The molecule has 6 nitrogen and oxygen atoms in total. The SMILES string of the molecule is Cc1cc(C)cc(NC(N)=NCCNS(=O)(=O)c2ccc(Cl)s2)c1. The van der Waals surface area contributed by atoms with E-state index in [2.05, 4.69) is 21.1 Å². The number of sulfonamides is 1. The summed E-state index contributed by atoms with van der Waals surface area (Å²) in [7, 11) is -3.55. The van der Waals surface area contributed by atoms with Crippen LogP contribution in [0.3, 0.4) is 0 Å². The Morgan fingerprint density at radius 1 is 1.25 bits per heavy atom. The number of nitrogens with two attached hydrogens (primary N) is 1. The summed E-state index contributed by atoms with van der Waals surface area (Å²) in [4.78, 5) is 4.11. The van der Waals surface area contributed by atoms with Gasteiger partial charge < -0.3 is 11.1 Å². The van der Waals surface area contributed by atoms with Gasteiger partial charge in [-0.1, -0.05) is 17.7 Å². The van der Waals surface area contributed by atoms with E-state index >= 15 is 0 Å². The molecule has 0 aliphatic carbocycles. The maximum absolute atomic E-state index is 12.0. The van der Waals surface area contributed by atoms with E-state index < -0.39 is 10.0 Å². The molecule has 0 atom stereocenters. The fourth-order valence-electron chi connectivity index (χ4n) is 2.10. The summed E-state index contributed by atoms with van der Waals surface area (Å²) >= 11 is 6.75. The average Bonchev–Trinajstić information content (AvgIpc) is 2.90. The summed E-state index contributed by atoms with van der Waals surface area (Å²) in [6, 6.07) is 8.99. The van der Waals surface area contributed by atoms with Crippen molar-refractivity contribution in [3.8, 4) is 0 Å². The second-order valence-electron chi connectivity index (χ2n) is 5.22. The van der Waals surface area contributed by atoms with Crippen molar-refractivity contribution < 1.29 is 8.42 Å². The summed E-state index contributed by atoms with van der Waals surface area (Å²) in [5.41, 5.74) is 8.90. The van der Waals surface area contributed by atoms with Crippen LogP contribution in [0.25, 0.3) is 0 Å². The van der Waals surface area contributed by atoms with E-state index in [9.17, 15) is 8.42 Å². The van der Waals surface area contributed by atoms with Gasteiger partial charge in [0.25, 0.3) is 0 Å². The molecule has 0 saturated carbocycles. The van der Waals surface area contributed by atoms with Gasteiger partial charge in [0.05, 0.1) is 10.9 Å². The Bertz CT molecular complexity index is 827. The minimum atomic E-state index is -3.55. The Morgan fingerprint density at radius 2 is 1.92 bits per heavy atom. The minimum Gasteiger partial charge on any atom is -0.370 e. The molecule has 0 radical (unpaired) electrons. The smallest absolute Gasteiger partial charge is 0.250 e. The number of benzene rings is 1. The molecule has 2 aromatic rings. The van der Waals surface area contributed by atoms with E-state index in [1.165, 1.54) is 6.07 Å². The van der Waals surface area contributed by atoms with Gasteiger partial charge in [-0.25, -0.2) is 13.1 Å².